The van der Waals surface area contributed by atoms with Crippen LogP contribution in [0.2, 0.25) is 0 Å². The molecule has 112 valence electrons. The molecule has 19 heavy (non-hydrogen) atoms. The highest BCUT2D eigenvalue weighted by molar-refractivity contribution is 5.77. The summed E-state index contributed by atoms with van der Waals surface area (Å²) in [5.41, 5.74) is 4.63. The normalized spacial score (nSPS) is 21.2. The van der Waals surface area contributed by atoms with Crippen molar-refractivity contribution in [3.05, 3.63) is 0 Å². The lowest BCUT2D eigenvalue weighted by Crippen LogP contribution is -2.44. The first-order valence-corrected chi connectivity index (χ1v) is 7.19. The SMILES string of the molecule is COCC1CCN(CCCCC(C)(N)C(=O)O)CC1. The molecule has 1 rings (SSSR count). The molecule has 1 atom stereocenters. The van der Waals surface area contributed by atoms with Gasteiger partial charge >= 0.3 is 5.97 Å². The predicted molar refractivity (Wildman–Crippen MR) is 75.1 cm³/mol. The molecule has 1 heterocycles. The van der Waals surface area contributed by atoms with Crippen LogP contribution in [0, 0.1) is 5.92 Å². The van der Waals surface area contributed by atoms with E-state index in [0.717, 1.165) is 39.1 Å². The number of aliphatic carboxylic acids is 1. The quantitative estimate of drug-likeness (QED) is 0.652. The molecule has 1 saturated heterocycles. The number of piperidine rings is 1. The summed E-state index contributed by atoms with van der Waals surface area (Å²) in [4.78, 5) is 13.3. The number of rotatable bonds is 8. The Labute approximate surface area is 116 Å². The third-order valence-electron chi connectivity index (χ3n) is 4.02. The van der Waals surface area contributed by atoms with E-state index in [-0.39, 0.29) is 0 Å². The predicted octanol–water partition coefficient (Wildman–Crippen LogP) is 1.32. The summed E-state index contributed by atoms with van der Waals surface area (Å²) in [6, 6.07) is 0. The van der Waals surface area contributed by atoms with Gasteiger partial charge < -0.3 is 20.5 Å². The number of carboxylic acids is 1. The lowest BCUT2D eigenvalue weighted by molar-refractivity contribution is -0.142. The van der Waals surface area contributed by atoms with Gasteiger partial charge in [0.2, 0.25) is 0 Å². The Hall–Kier alpha value is -0.650. The second kappa shape index (κ2) is 7.82. The molecular weight excluding hydrogens is 244 g/mol. The van der Waals surface area contributed by atoms with Gasteiger partial charge in [0.25, 0.3) is 0 Å². The number of carbonyl (C=O) groups is 1. The summed E-state index contributed by atoms with van der Waals surface area (Å²) < 4.78 is 5.19. The number of likely N-dealkylation sites (tertiary alicyclic amines) is 1. The summed E-state index contributed by atoms with van der Waals surface area (Å²) in [5, 5.41) is 8.92. The molecule has 0 bridgehead atoms. The van der Waals surface area contributed by atoms with Crippen molar-refractivity contribution in [2.75, 3.05) is 33.4 Å². The zero-order valence-corrected chi connectivity index (χ0v) is 12.2. The van der Waals surface area contributed by atoms with Gasteiger partial charge in [-0.05, 0) is 64.6 Å². The molecule has 1 unspecified atom stereocenters. The summed E-state index contributed by atoms with van der Waals surface area (Å²) >= 11 is 0. The van der Waals surface area contributed by atoms with Crippen LogP contribution in [0.4, 0.5) is 0 Å². The number of methoxy groups -OCH3 is 1. The van der Waals surface area contributed by atoms with Gasteiger partial charge in [0, 0.05) is 13.7 Å². The Morgan fingerprint density at radius 1 is 1.42 bits per heavy atom. The van der Waals surface area contributed by atoms with E-state index in [1.807, 2.05) is 0 Å². The van der Waals surface area contributed by atoms with Crippen molar-refractivity contribution in [1.82, 2.24) is 4.90 Å². The minimum atomic E-state index is -1.08. The van der Waals surface area contributed by atoms with Crippen molar-refractivity contribution in [3.8, 4) is 0 Å². The summed E-state index contributed by atoms with van der Waals surface area (Å²) in [5.74, 6) is -0.200. The van der Waals surface area contributed by atoms with Gasteiger partial charge in [-0.3, -0.25) is 4.79 Å². The van der Waals surface area contributed by atoms with Crippen LogP contribution < -0.4 is 5.73 Å². The van der Waals surface area contributed by atoms with Gasteiger partial charge in [0.1, 0.15) is 5.54 Å². The average Bonchev–Trinajstić information content (AvgIpc) is 2.37. The zero-order chi connectivity index (χ0) is 14.3. The van der Waals surface area contributed by atoms with Crippen LogP contribution in [0.1, 0.15) is 39.0 Å². The van der Waals surface area contributed by atoms with Gasteiger partial charge in [-0.1, -0.05) is 0 Å². The van der Waals surface area contributed by atoms with Gasteiger partial charge in [-0.25, -0.2) is 0 Å². The maximum absolute atomic E-state index is 10.9. The highest BCUT2D eigenvalue weighted by Crippen LogP contribution is 2.18. The second-order valence-electron chi connectivity index (χ2n) is 5.92. The van der Waals surface area contributed by atoms with E-state index in [4.69, 9.17) is 15.6 Å². The molecule has 0 radical (unpaired) electrons. The van der Waals surface area contributed by atoms with Crippen molar-refractivity contribution >= 4 is 5.97 Å². The molecule has 0 aliphatic carbocycles. The largest absolute Gasteiger partial charge is 0.480 e. The van der Waals surface area contributed by atoms with Crippen molar-refractivity contribution in [3.63, 3.8) is 0 Å². The van der Waals surface area contributed by atoms with Crippen LogP contribution in [-0.4, -0.2) is 54.9 Å². The fraction of sp³-hybridized carbons (Fsp3) is 0.929. The number of ether oxygens (including phenoxy) is 1. The highest BCUT2D eigenvalue weighted by Gasteiger charge is 2.27. The third-order valence-corrected chi connectivity index (χ3v) is 4.02. The monoisotopic (exact) mass is 272 g/mol. The standard InChI is InChI=1S/C14H28N2O3/c1-14(15,13(17)18)7-3-4-8-16-9-5-12(6-10-16)11-19-2/h12H,3-11,15H2,1-2H3,(H,17,18). The first-order chi connectivity index (χ1) is 8.95. The van der Waals surface area contributed by atoms with Gasteiger partial charge in [-0.15, -0.1) is 0 Å². The smallest absolute Gasteiger partial charge is 0.323 e. The van der Waals surface area contributed by atoms with Gasteiger partial charge in [0.05, 0.1) is 0 Å². The minimum absolute atomic E-state index is 0.544. The molecule has 1 aliphatic rings. The third kappa shape index (κ3) is 5.89. The Morgan fingerprint density at radius 2 is 2.05 bits per heavy atom. The molecule has 5 heteroatoms. The molecule has 0 amide bonds. The number of nitrogens with zero attached hydrogens (tertiary/aromatic N) is 1. The minimum Gasteiger partial charge on any atom is -0.480 e. The molecule has 0 aromatic carbocycles. The molecule has 0 aromatic rings. The lowest BCUT2D eigenvalue weighted by Gasteiger charge is -2.31. The van der Waals surface area contributed by atoms with E-state index in [1.54, 1.807) is 14.0 Å². The Morgan fingerprint density at radius 3 is 2.58 bits per heavy atom. The first-order valence-electron chi connectivity index (χ1n) is 7.19. The van der Waals surface area contributed by atoms with Gasteiger partial charge in [0.15, 0.2) is 0 Å². The van der Waals surface area contributed by atoms with Crippen molar-refractivity contribution in [2.45, 2.75) is 44.6 Å². The van der Waals surface area contributed by atoms with E-state index < -0.39 is 11.5 Å². The number of hydrogen-bond acceptors (Lipinski definition) is 4. The topological polar surface area (TPSA) is 75.8 Å². The number of unbranched alkanes of at least 4 members (excludes halogenated alkanes) is 1. The Balaban J connectivity index is 2.10. The summed E-state index contributed by atoms with van der Waals surface area (Å²) in [6.07, 6.45) is 4.85. The van der Waals surface area contributed by atoms with Crippen molar-refractivity contribution in [1.29, 1.82) is 0 Å². The molecule has 1 fully saturated rings. The molecule has 0 saturated carbocycles. The molecule has 0 aromatic heterocycles. The van der Waals surface area contributed by atoms with Crippen LogP contribution in [0.15, 0.2) is 0 Å². The van der Waals surface area contributed by atoms with Crippen LogP contribution in [0.25, 0.3) is 0 Å². The van der Waals surface area contributed by atoms with E-state index in [9.17, 15) is 4.79 Å². The molecule has 5 nitrogen and oxygen atoms in total. The molecule has 3 N–H and O–H groups in total. The average molecular weight is 272 g/mol. The second-order valence-corrected chi connectivity index (χ2v) is 5.92. The maximum atomic E-state index is 10.9. The van der Waals surface area contributed by atoms with Crippen LogP contribution in [-0.2, 0) is 9.53 Å². The fourth-order valence-electron chi connectivity index (χ4n) is 2.55. The fourth-order valence-corrected chi connectivity index (χ4v) is 2.55. The van der Waals surface area contributed by atoms with Crippen LogP contribution in [0.3, 0.4) is 0 Å². The van der Waals surface area contributed by atoms with Crippen molar-refractivity contribution in [2.24, 2.45) is 11.7 Å². The van der Waals surface area contributed by atoms with Gasteiger partial charge in [-0.2, -0.15) is 0 Å². The number of hydrogen-bond donors (Lipinski definition) is 2. The molecular formula is C14H28N2O3. The van der Waals surface area contributed by atoms with Crippen LogP contribution in [0.5, 0.6) is 0 Å². The van der Waals surface area contributed by atoms with E-state index in [0.29, 0.717) is 12.3 Å². The van der Waals surface area contributed by atoms with E-state index in [2.05, 4.69) is 4.90 Å². The van der Waals surface area contributed by atoms with E-state index >= 15 is 0 Å². The first kappa shape index (κ1) is 16.4. The Bertz CT molecular complexity index is 274. The summed E-state index contributed by atoms with van der Waals surface area (Å²) in [7, 11) is 1.76. The number of carboxylic acid groups (broad SMARTS) is 1. The maximum Gasteiger partial charge on any atom is 0.323 e. The van der Waals surface area contributed by atoms with Crippen LogP contribution >= 0.6 is 0 Å². The van der Waals surface area contributed by atoms with Crippen molar-refractivity contribution < 1.29 is 14.6 Å². The molecule has 0 spiro atoms. The Kier molecular flexibility index (Phi) is 6.75. The molecule has 1 aliphatic heterocycles. The van der Waals surface area contributed by atoms with E-state index in [1.165, 1.54) is 12.8 Å². The summed E-state index contributed by atoms with van der Waals surface area (Å²) in [6.45, 7) is 5.78. The number of nitrogens with two attached hydrogens (primary N) is 1. The lowest BCUT2D eigenvalue weighted by atomic mass is 9.95. The zero-order valence-electron chi connectivity index (χ0n) is 12.2. The highest BCUT2D eigenvalue weighted by atomic mass is 16.5.